The number of H-pyrrole nitrogens is 1. The Morgan fingerprint density at radius 3 is 2.55 bits per heavy atom. The molecule has 0 bridgehead atoms. The van der Waals surface area contributed by atoms with Crippen molar-refractivity contribution >= 4 is 16.8 Å². The number of benzene rings is 1. The van der Waals surface area contributed by atoms with Crippen LogP contribution in [0.5, 0.6) is 0 Å². The number of fused-ring (bicyclic) bond motifs is 1. The van der Waals surface area contributed by atoms with Gasteiger partial charge in [0.25, 0.3) is 11.5 Å². The molecule has 5 nitrogen and oxygen atoms in total. The fourth-order valence-electron chi connectivity index (χ4n) is 3.33. The van der Waals surface area contributed by atoms with Gasteiger partial charge in [0, 0.05) is 28.9 Å². The highest BCUT2D eigenvalue weighted by Crippen LogP contribution is 2.32. The fourth-order valence-corrected chi connectivity index (χ4v) is 3.33. The van der Waals surface area contributed by atoms with Gasteiger partial charge in [-0.25, -0.2) is 8.78 Å². The number of hydrogen-bond donors (Lipinski definition) is 2. The van der Waals surface area contributed by atoms with E-state index in [0.717, 1.165) is 12.1 Å². The van der Waals surface area contributed by atoms with E-state index in [0.29, 0.717) is 22.7 Å². The number of amides is 1. The van der Waals surface area contributed by atoms with Gasteiger partial charge in [0.1, 0.15) is 11.6 Å². The predicted molar refractivity (Wildman–Crippen MR) is 98.6 cm³/mol. The van der Waals surface area contributed by atoms with Crippen molar-refractivity contribution in [3.05, 3.63) is 74.8 Å². The molecule has 1 atom stereocenters. The van der Waals surface area contributed by atoms with Crippen LogP contribution in [0.15, 0.2) is 35.3 Å². The van der Waals surface area contributed by atoms with E-state index in [2.05, 4.69) is 9.97 Å². The minimum absolute atomic E-state index is 0.0740. The van der Waals surface area contributed by atoms with E-state index in [1.807, 2.05) is 5.32 Å². The van der Waals surface area contributed by atoms with E-state index in [4.69, 9.17) is 0 Å². The van der Waals surface area contributed by atoms with Gasteiger partial charge in [-0.1, -0.05) is 6.07 Å². The van der Waals surface area contributed by atoms with Gasteiger partial charge >= 0.3 is 5.92 Å². The number of aryl methyl sites for hydroxylation is 2. The van der Waals surface area contributed by atoms with Gasteiger partial charge in [-0.15, -0.1) is 0 Å². The van der Waals surface area contributed by atoms with Crippen LogP contribution >= 0.6 is 0 Å². The van der Waals surface area contributed by atoms with Crippen LogP contribution in [0.2, 0.25) is 0 Å². The highest BCUT2D eigenvalue weighted by Gasteiger charge is 2.45. The second-order valence-corrected chi connectivity index (χ2v) is 6.71. The van der Waals surface area contributed by atoms with Gasteiger partial charge in [0.2, 0.25) is 0 Å². The van der Waals surface area contributed by atoms with E-state index in [9.17, 15) is 27.2 Å². The molecule has 0 spiro atoms. The number of aromatic nitrogens is 2. The molecule has 2 N–H and O–H groups in total. The van der Waals surface area contributed by atoms with Crippen molar-refractivity contribution in [2.45, 2.75) is 32.7 Å². The lowest BCUT2D eigenvalue weighted by molar-refractivity contribution is -0.148. The normalized spacial score (nSPS) is 12.8. The molecular formula is C20H17F4N3O2. The molecule has 0 fully saturated rings. The first kappa shape index (κ1) is 20.5. The third-order valence-corrected chi connectivity index (χ3v) is 4.74. The maximum Gasteiger partial charge on any atom is 0.355 e. The Labute approximate surface area is 162 Å². The fraction of sp³-hybridized carbons (Fsp3) is 0.250. The van der Waals surface area contributed by atoms with E-state index in [1.165, 1.54) is 26.1 Å². The van der Waals surface area contributed by atoms with E-state index in [-0.39, 0.29) is 11.1 Å². The molecule has 0 aliphatic carbocycles. The SMILES string of the molecule is Cc1nccc2[nH]c(=O)c(C(F)(F)C(=O)N[C@@H](C)c3ccc(F)cc3F)c(C)c12. The second-order valence-electron chi connectivity index (χ2n) is 6.71. The zero-order chi connectivity index (χ0) is 21.5. The Bertz CT molecular complexity index is 1170. The first-order chi connectivity index (χ1) is 13.5. The molecule has 0 saturated heterocycles. The molecule has 0 saturated carbocycles. The number of halogens is 4. The lowest BCUT2D eigenvalue weighted by Crippen LogP contribution is -2.43. The predicted octanol–water partition coefficient (Wildman–Crippen LogP) is 3.79. The molecule has 0 unspecified atom stereocenters. The number of carbonyl (C=O) groups excluding carboxylic acids is 1. The average molecular weight is 407 g/mol. The Balaban J connectivity index is 2.01. The van der Waals surface area contributed by atoms with Gasteiger partial charge in [0.05, 0.1) is 17.1 Å². The zero-order valence-corrected chi connectivity index (χ0v) is 15.7. The van der Waals surface area contributed by atoms with Gasteiger partial charge in [0.15, 0.2) is 0 Å². The van der Waals surface area contributed by atoms with E-state index < -0.39 is 40.6 Å². The number of pyridine rings is 2. The molecule has 29 heavy (non-hydrogen) atoms. The third kappa shape index (κ3) is 3.59. The van der Waals surface area contributed by atoms with E-state index in [1.54, 1.807) is 6.92 Å². The Morgan fingerprint density at radius 1 is 1.21 bits per heavy atom. The van der Waals surface area contributed by atoms with Crippen molar-refractivity contribution in [1.82, 2.24) is 15.3 Å². The van der Waals surface area contributed by atoms with Crippen LogP contribution in [0.3, 0.4) is 0 Å². The van der Waals surface area contributed by atoms with Crippen LogP contribution in [0.1, 0.15) is 35.3 Å². The summed E-state index contributed by atoms with van der Waals surface area (Å²) in [5.41, 5.74) is -1.63. The first-order valence-electron chi connectivity index (χ1n) is 8.66. The Hall–Kier alpha value is -3.23. The van der Waals surface area contributed by atoms with Crippen molar-refractivity contribution in [3.63, 3.8) is 0 Å². The average Bonchev–Trinajstić information content (AvgIpc) is 2.60. The number of alkyl halides is 2. The monoisotopic (exact) mass is 407 g/mol. The van der Waals surface area contributed by atoms with Gasteiger partial charge < -0.3 is 10.3 Å². The number of hydrogen-bond acceptors (Lipinski definition) is 3. The second kappa shape index (κ2) is 7.31. The summed E-state index contributed by atoms with van der Waals surface area (Å²) in [6, 6.07) is 2.88. The first-order valence-corrected chi connectivity index (χ1v) is 8.66. The molecule has 3 aromatic rings. The summed E-state index contributed by atoms with van der Waals surface area (Å²) in [5, 5.41) is 2.30. The molecule has 152 valence electrons. The van der Waals surface area contributed by atoms with Crippen LogP contribution in [-0.2, 0) is 10.7 Å². The van der Waals surface area contributed by atoms with Gasteiger partial charge in [-0.2, -0.15) is 8.78 Å². The lowest BCUT2D eigenvalue weighted by Gasteiger charge is -2.22. The molecule has 9 heteroatoms. The van der Waals surface area contributed by atoms with Crippen LogP contribution in [0, 0.1) is 25.5 Å². The highest BCUT2D eigenvalue weighted by atomic mass is 19.3. The van der Waals surface area contributed by atoms with Crippen molar-refractivity contribution in [1.29, 1.82) is 0 Å². The number of aromatic amines is 1. The van der Waals surface area contributed by atoms with Crippen molar-refractivity contribution in [2.24, 2.45) is 0 Å². The molecule has 1 aromatic carbocycles. The van der Waals surface area contributed by atoms with Crippen LogP contribution in [0.4, 0.5) is 17.6 Å². The molecule has 0 radical (unpaired) electrons. The number of nitrogens with one attached hydrogen (secondary N) is 2. The summed E-state index contributed by atoms with van der Waals surface area (Å²) < 4.78 is 56.9. The summed E-state index contributed by atoms with van der Waals surface area (Å²) in [6.45, 7) is 4.18. The molecule has 3 rings (SSSR count). The third-order valence-electron chi connectivity index (χ3n) is 4.74. The lowest BCUT2D eigenvalue weighted by atomic mass is 9.98. The molecular weight excluding hydrogens is 390 g/mol. The van der Waals surface area contributed by atoms with Crippen LogP contribution in [0.25, 0.3) is 10.9 Å². The standard InChI is InChI=1S/C20H17F4N3O2/c1-9-16-11(3)25-7-6-15(16)27-18(28)17(9)20(23,24)19(29)26-10(2)13-5-4-12(21)8-14(13)22/h4-8,10H,1-3H3,(H,26,29)(H,27,28)/t10-/m0/s1. The molecule has 0 aliphatic rings. The summed E-state index contributed by atoms with van der Waals surface area (Å²) >= 11 is 0. The van der Waals surface area contributed by atoms with Crippen molar-refractivity contribution < 1.29 is 22.4 Å². The van der Waals surface area contributed by atoms with Crippen molar-refractivity contribution in [3.8, 4) is 0 Å². The minimum Gasteiger partial charge on any atom is -0.344 e. The summed E-state index contributed by atoms with van der Waals surface area (Å²) in [4.78, 5) is 31.0. The molecule has 0 aliphatic heterocycles. The largest absolute Gasteiger partial charge is 0.355 e. The van der Waals surface area contributed by atoms with E-state index >= 15 is 0 Å². The Morgan fingerprint density at radius 2 is 1.90 bits per heavy atom. The summed E-state index contributed by atoms with van der Waals surface area (Å²) in [5.74, 6) is -7.79. The molecule has 2 heterocycles. The quantitative estimate of drug-likeness (QED) is 0.647. The van der Waals surface area contributed by atoms with Crippen molar-refractivity contribution in [2.75, 3.05) is 0 Å². The maximum atomic E-state index is 15.0. The molecule has 1 amide bonds. The van der Waals surface area contributed by atoms with Crippen LogP contribution in [-0.4, -0.2) is 15.9 Å². The topological polar surface area (TPSA) is 74.8 Å². The smallest absolute Gasteiger partial charge is 0.344 e. The Kier molecular flexibility index (Phi) is 5.16. The van der Waals surface area contributed by atoms with Gasteiger partial charge in [-0.05, 0) is 38.5 Å². The van der Waals surface area contributed by atoms with Gasteiger partial charge in [-0.3, -0.25) is 14.6 Å². The number of carbonyl (C=O) groups is 1. The zero-order valence-electron chi connectivity index (χ0n) is 15.7. The number of rotatable bonds is 4. The minimum atomic E-state index is -4.20. The summed E-state index contributed by atoms with van der Waals surface area (Å²) in [6.07, 6.45) is 1.43. The summed E-state index contributed by atoms with van der Waals surface area (Å²) in [7, 11) is 0. The molecule has 2 aromatic heterocycles. The maximum absolute atomic E-state index is 15.0. The van der Waals surface area contributed by atoms with Crippen LogP contribution < -0.4 is 10.9 Å². The highest BCUT2D eigenvalue weighted by molar-refractivity contribution is 5.90. The number of nitrogens with zero attached hydrogens (tertiary/aromatic N) is 1.